The number of halogens is 1. The van der Waals surface area contributed by atoms with Gasteiger partial charge in [0.05, 0.1) is 22.6 Å². The first-order valence-corrected chi connectivity index (χ1v) is 8.54. The predicted octanol–water partition coefficient (Wildman–Crippen LogP) is 3.94. The number of aryl methyl sites for hydroxylation is 2. The number of hydrogen-bond donors (Lipinski definition) is 1. The summed E-state index contributed by atoms with van der Waals surface area (Å²) in [5, 5.41) is 1.34. The minimum atomic E-state index is -0.211. The molecule has 6 heteroatoms. The quantitative estimate of drug-likeness (QED) is 0.586. The molecule has 1 aromatic carbocycles. The average Bonchev–Trinajstić information content (AvgIpc) is 3.02. The number of nitrogen functional groups attached to an aromatic ring is 1. The van der Waals surface area contributed by atoms with E-state index in [0.29, 0.717) is 27.6 Å². The van der Waals surface area contributed by atoms with Crippen molar-refractivity contribution in [3.05, 3.63) is 75.8 Å². The molecule has 0 radical (unpaired) electrons. The number of nitrogens with two attached hydrogens (primary N) is 1. The molecule has 0 fully saturated rings. The Balaban J connectivity index is 2.19. The van der Waals surface area contributed by atoms with Crippen molar-refractivity contribution < 1.29 is 0 Å². The third-order valence-electron chi connectivity index (χ3n) is 4.49. The van der Waals surface area contributed by atoms with Crippen LogP contribution in [-0.2, 0) is 7.05 Å². The van der Waals surface area contributed by atoms with Crippen molar-refractivity contribution in [2.24, 2.45) is 7.05 Å². The molecule has 0 aliphatic carbocycles. The van der Waals surface area contributed by atoms with Gasteiger partial charge in [-0.05, 0) is 55.5 Å². The maximum absolute atomic E-state index is 13.4. The molecular formula is C20H17ClN4O. The maximum atomic E-state index is 13.4. The van der Waals surface area contributed by atoms with Gasteiger partial charge in [-0.2, -0.15) is 0 Å². The van der Waals surface area contributed by atoms with Crippen LogP contribution in [0.5, 0.6) is 0 Å². The topological polar surface area (TPSA) is 65.8 Å². The number of hydrogen-bond acceptors (Lipinski definition) is 3. The number of rotatable bonds is 2. The van der Waals surface area contributed by atoms with E-state index in [1.54, 1.807) is 28.8 Å². The van der Waals surface area contributed by atoms with E-state index < -0.39 is 0 Å². The zero-order valence-corrected chi connectivity index (χ0v) is 15.2. The van der Waals surface area contributed by atoms with Crippen LogP contribution in [0.3, 0.4) is 0 Å². The zero-order valence-electron chi connectivity index (χ0n) is 14.4. The van der Waals surface area contributed by atoms with Gasteiger partial charge in [-0.25, -0.2) is 4.98 Å². The molecule has 4 rings (SSSR count). The van der Waals surface area contributed by atoms with Crippen molar-refractivity contribution in [2.45, 2.75) is 6.92 Å². The minimum Gasteiger partial charge on any atom is -0.397 e. The Morgan fingerprint density at radius 3 is 2.46 bits per heavy atom. The van der Waals surface area contributed by atoms with Gasteiger partial charge in [0.2, 0.25) is 0 Å². The van der Waals surface area contributed by atoms with Gasteiger partial charge in [0.25, 0.3) is 5.56 Å². The Labute approximate surface area is 155 Å². The molecule has 5 nitrogen and oxygen atoms in total. The molecule has 0 saturated carbocycles. The first-order chi connectivity index (χ1) is 12.5. The lowest BCUT2D eigenvalue weighted by Gasteiger charge is -2.16. The molecule has 0 amide bonds. The highest BCUT2D eigenvalue weighted by atomic mass is 35.5. The molecule has 0 bridgehead atoms. The fourth-order valence-corrected chi connectivity index (χ4v) is 3.31. The van der Waals surface area contributed by atoms with Crippen LogP contribution < -0.4 is 11.3 Å². The van der Waals surface area contributed by atoms with Gasteiger partial charge < -0.3 is 10.3 Å². The molecule has 0 atom stereocenters. The molecule has 0 aliphatic heterocycles. The van der Waals surface area contributed by atoms with Gasteiger partial charge in [0.1, 0.15) is 5.65 Å². The molecule has 0 spiro atoms. The van der Waals surface area contributed by atoms with Gasteiger partial charge in [-0.15, -0.1) is 0 Å². The normalized spacial score (nSPS) is 11.2. The van der Waals surface area contributed by atoms with Crippen LogP contribution in [0, 0.1) is 6.92 Å². The molecular weight excluding hydrogens is 348 g/mol. The lowest BCUT2D eigenvalue weighted by molar-refractivity contribution is 0.928. The van der Waals surface area contributed by atoms with Crippen molar-refractivity contribution in [2.75, 3.05) is 5.73 Å². The Hall–Kier alpha value is -3.05. The van der Waals surface area contributed by atoms with Gasteiger partial charge in [0.15, 0.2) is 0 Å². The van der Waals surface area contributed by atoms with Crippen LogP contribution in [0.2, 0.25) is 5.02 Å². The molecule has 130 valence electrons. The SMILES string of the molecule is Cc1ccc2c(N)c(-c3cccn3C)c(=O)n(-c3ccc(Cl)cc3)c2n1. The fourth-order valence-electron chi connectivity index (χ4n) is 3.18. The summed E-state index contributed by atoms with van der Waals surface area (Å²) in [6.07, 6.45) is 1.89. The summed E-state index contributed by atoms with van der Waals surface area (Å²) in [6.45, 7) is 1.89. The maximum Gasteiger partial charge on any atom is 0.268 e. The summed E-state index contributed by atoms with van der Waals surface area (Å²) in [5.74, 6) is 0. The van der Waals surface area contributed by atoms with E-state index in [0.717, 1.165) is 16.8 Å². The van der Waals surface area contributed by atoms with Crippen LogP contribution >= 0.6 is 11.6 Å². The largest absolute Gasteiger partial charge is 0.397 e. The van der Waals surface area contributed by atoms with Crippen LogP contribution in [-0.4, -0.2) is 14.1 Å². The lowest BCUT2D eigenvalue weighted by atomic mass is 10.1. The highest BCUT2D eigenvalue weighted by Gasteiger charge is 2.20. The van der Waals surface area contributed by atoms with E-state index >= 15 is 0 Å². The summed E-state index contributed by atoms with van der Waals surface area (Å²) < 4.78 is 3.48. The Morgan fingerprint density at radius 1 is 1.08 bits per heavy atom. The molecule has 0 unspecified atom stereocenters. The van der Waals surface area contributed by atoms with E-state index in [1.807, 2.05) is 49.0 Å². The van der Waals surface area contributed by atoms with Crippen molar-refractivity contribution in [1.29, 1.82) is 0 Å². The second kappa shape index (κ2) is 6.04. The van der Waals surface area contributed by atoms with Gasteiger partial charge >= 0.3 is 0 Å². The van der Waals surface area contributed by atoms with E-state index in [1.165, 1.54) is 0 Å². The molecule has 2 N–H and O–H groups in total. The summed E-state index contributed by atoms with van der Waals surface area (Å²) in [7, 11) is 1.89. The highest BCUT2D eigenvalue weighted by Crippen LogP contribution is 2.30. The second-order valence-corrected chi connectivity index (χ2v) is 6.67. The van der Waals surface area contributed by atoms with Crippen LogP contribution in [0.1, 0.15) is 5.69 Å². The minimum absolute atomic E-state index is 0.211. The first-order valence-electron chi connectivity index (χ1n) is 8.17. The number of pyridine rings is 2. The van der Waals surface area contributed by atoms with Crippen LogP contribution in [0.25, 0.3) is 28.0 Å². The number of anilines is 1. The summed E-state index contributed by atoms with van der Waals surface area (Å²) in [6, 6.07) is 14.7. The van der Waals surface area contributed by atoms with Crippen molar-refractivity contribution >= 4 is 28.3 Å². The first kappa shape index (κ1) is 16.4. The molecule has 3 heterocycles. The average molecular weight is 365 g/mol. The number of fused-ring (bicyclic) bond motifs is 1. The number of aromatic nitrogens is 3. The lowest BCUT2D eigenvalue weighted by Crippen LogP contribution is -2.24. The summed E-state index contributed by atoms with van der Waals surface area (Å²) in [5.41, 5.74) is 9.90. The van der Waals surface area contributed by atoms with Gasteiger partial charge in [-0.1, -0.05) is 11.6 Å². The monoisotopic (exact) mass is 364 g/mol. The Bertz CT molecular complexity index is 1190. The molecule has 0 aliphatic rings. The fraction of sp³-hybridized carbons (Fsp3) is 0.100. The number of nitrogens with zero attached hydrogens (tertiary/aromatic N) is 3. The smallest absolute Gasteiger partial charge is 0.268 e. The van der Waals surface area contributed by atoms with Crippen LogP contribution in [0.4, 0.5) is 5.69 Å². The second-order valence-electron chi connectivity index (χ2n) is 6.23. The van der Waals surface area contributed by atoms with Crippen molar-refractivity contribution in [1.82, 2.24) is 14.1 Å². The van der Waals surface area contributed by atoms with Gasteiger partial charge in [-0.3, -0.25) is 9.36 Å². The molecule has 4 aromatic rings. The third kappa shape index (κ3) is 2.48. The van der Waals surface area contributed by atoms with E-state index in [9.17, 15) is 4.79 Å². The summed E-state index contributed by atoms with van der Waals surface area (Å²) >= 11 is 6.01. The van der Waals surface area contributed by atoms with Crippen LogP contribution in [0.15, 0.2) is 59.5 Å². The Morgan fingerprint density at radius 2 is 1.81 bits per heavy atom. The summed E-state index contributed by atoms with van der Waals surface area (Å²) in [4.78, 5) is 18.0. The molecule has 3 aromatic heterocycles. The standard InChI is InChI=1S/C20H17ClN4O/c1-12-5-10-15-18(22)17(16-4-3-11-24(16)2)20(26)25(19(15)23-12)14-8-6-13(21)7-9-14/h3-11H,22H2,1-2H3. The van der Waals surface area contributed by atoms with E-state index in [2.05, 4.69) is 4.98 Å². The zero-order chi connectivity index (χ0) is 18.4. The van der Waals surface area contributed by atoms with Crippen molar-refractivity contribution in [3.63, 3.8) is 0 Å². The predicted molar refractivity (Wildman–Crippen MR) is 106 cm³/mol. The Kier molecular flexibility index (Phi) is 3.81. The third-order valence-corrected chi connectivity index (χ3v) is 4.74. The van der Waals surface area contributed by atoms with Gasteiger partial charge in [0, 0.05) is 29.3 Å². The molecule has 0 saturated heterocycles. The van der Waals surface area contributed by atoms with Crippen molar-refractivity contribution in [3.8, 4) is 16.9 Å². The molecule has 26 heavy (non-hydrogen) atoms. The van der Waals surface area contributed by atoms with E-state index in [-0.39, 0.29) is 5.56 Å². The highest BCUT2D eigenvalue weighted by molar-refractivity contribution is 6.30. The number of benzene rings is 1. The van der Waals surface area contributed by atoms with E-state index in [4.69, 9.17) is 17.3 Å².